The summed E-state index contributed by atoms with van der Waals surface area (Å²) in [5, 5.41) is 5.67. The molecule has 2 aliphatic rings. The first-order valence-electron chi connectivity index (χ1n) is 10.1. The van der Waals surface area contributed by atoms with Gasteiger partial charge in [0.2, 0.25) is 19.5 Å². The molecule has 0 atom stereocenters. The van der Waals surface area contributed by atoms with E-state index in [2.05, 4.69) is 10.6 Å². The predicted molar refractivity (Wildman–Crippen MR) is 116 cm³/mol. The first-order valence-corrected chi connectivity index (χ1v) is 10.1. The van der Waals surface area contributed by atoms with Gasteiger partial charge in [0.25, 0.3) is 5.91 Å². The van der Waals surface area contributed by atoms with Crippen LogP contribution in [0.1, 0.15) is 22.3 Å². The van der Waals surface area contributed by atoms with Gasteiger partial charge in [0.1, 0.15) is 0 Å². The van der Waals surface area contributed by atoms with Crippen LogP contribution < -0.4 is 29.6 Å². The van der Waals surface area contributed by atoms with Crippen LogP contribution in [0.25, 0.3) is 0 Å². The molecule has 3 aromatic carbocycles. The highest BCUT2D eigenvalue weighted by Crippen LogP contribution is 2.35. The van der Waals surface area contributed by atoms with Gasteiger partial charge in [0, 0.05) is 18.2 Å². The maximum Gasteiger partial charge on any atom is 0.257 e. The van der Waals surface area contributed by atoms with E-state index in [1.807, 2.05) is 18.2 Å². The van der Waals surface area contributed by atoms with Gasteiger partial charge in [-0.25, -0.2) is 0 Å². The normalized spacial score (nSPS) is 13.0. The van der Waals surface area contributed by atoms with E-state index in [9.17, 15) is 9.59 Å². The SMILES string of the molecule is O=C(CCc1ccc2c(c1)OCO2)Nc1ccccc1C(=O)Nc1ccc2c(c1)OCO2. The summed E-state index contributed by atoms with van der Waals surface area (Å²) < 4.78 is 21.3. The van der Waals surface area contributed by atoms with E-state index in [0.717, 1.165) is 5.56 Å². The van der Waals surface area contributed by atoms with Gasteiger partial charge in [-0.1, -0.05) is 18.2 Å². The zero-order valence-corrected chi connectivity index (χ0v) is 17.1. The third kappa shape index (κ3) is 4.15. The number of amides is 2. The molecule has 162 valence electrons. The Morgan fingerprint density at radius 1 is 0.750 bits per heavy atom. The first-order chi connectivity index (χ1) is 15.7. The van der Waals surface area contributed by atoms with Gasteiger partial charge in [-0.05, 0) is 48.4 Å². The molecule has 3 aromatic rings. The number of carbonyl (C=O) groups excluding carboxylic acids is 2. The van der Waals surface area contributed by atoms with E-state index in [0.29, 0.717) is 46.4 Å². The van der Waals surface area contributed by atoms with Crippen LogP contribution >= 0.6 is 0 Å². The summed E-state index contributed by atoms with van der Waals surface area (Å²) in [5.74, 6) is 2.08. The Kier molecular flexibility index (Phi) is 5.25. The minimum Gasteiger partial charge on any atom is -0.454 e. The van der Waals surface area contributed by atoms with E-state index in [4.69, 9.17) is 18.9 Å². The molecular weight excluding hydrogens is 412 g/mol. The Morgan fingerprint density at radius 3 is 2.25 bits per heavy atom. The van der Waals surface area contributed by atoms with Gasteiger partial charge in [-0.15, -0.1) is 0 Å². The van der Waals surface area contributed by atoms with Crippen molar-refractivity contribution < 1.29 is 28.5 Å². The van der Waals surface area contributed by atoms with Gasteiger partial charge in [-0.2, -0.15) is 0 Å². The summed E-state index contributed by atoms with van der Waals surface area (Å²) in [7, 11) is 0. The summed E-state index contributed by atoms with van der Waals surface area (Å²) in [6.45, 7) is 0.373. The van der Waals surface area contributed by atoms with Crippen molar-refractivity contribution in [2.75, 3.05) is 24.2 Å². The average molecular weight is 432 g/mol. The topological polar surface area (TPSA) is 95.1 Å². The van der Waals surface area contributed by atoms with Gasteiger partial charge in [0.15, 0.2) is 23.0 Å². The monoisotopic (exact) mass is 432 g/mol. The quantitative estimate of drug-likeness (QED) is 0.612. The second kappa shape index (κ2) is 8.50. The lowest BCUT2D eigenvalue weighted by Gasteiger charge is -2.12. The van der Waals surface area contributed by atoms with Crippen LogP contribution in [0.2, 0.25) is 0 Å². The summed E-state index contributed by atoms with van der Waals surface area (Å²) in [6.07, 6.45) is 0.797. The van der Waals surface area contributed by atoms with Crippen LogP contribution in [-0.2, 0) is 11.2 Å². The van der Waals surface area contributed by atoms with Crippen LogP contribution in [0.4, 0.5) is 11.4 Å². The fourth-order valence-electron chi connectivity index (χ4n) is 3.53. The van der Waals surface area contributed by atoms with Crippen LogP contribution in [0.5, 0.6) is 23.0 Å². The van der Waals surface area contributed by atoms with Gasteiger partial charge in [0.05, 0.1) is 11.3 Å². The first kappa shape index (κ1) is 19.7. The molecule has 0 bridgehead atoms. The predicted octanol–water partition coefficient (Wildman–Crippen LogP) is 3.97. The Labute approximate surface area is 184 Å². The van der Waals surface area contributed by atoms with Crippen molar-refractivity contribution in [1.29, 1.82) is 0 Å². The fraction of sp³-hybridized carbons (Fsp3) is 0.167. The largest absolute Gasteiger partial charge is 0.454 e. The van der Waals surface area contributed by atoms with E-state index in [1.54, 1.807) is 42.5 Å². The highest BCUT2D eigenvalue weighted by molar-refractivity contribution is 6.10. The highest BCUT2D eigenvalue weighted by Gasteiger charge is 2.17. The lowest BCUT2D eigenvalue weighted by Crippen LogP contribution is -2.18. The van der Waals surface area contributed by atoms with E-state index in [-0.39, 0.29) is 31.8 Å². The van der Waals surface area contributed by atoms with Crippen molar-refractivity contribution in [2.24, 2.45) is 0 Å². The molecule has 5 rings (SSSR count). The average Bonchev–Trinajstić information content (AvgIpc) is 3.46. The molecule has 8 nitrogen and oxygen atoms in total. The van der Waals surface area contributed by atoms with Crippen molar-refractivity contribution in [1.82, 2.24) is 0 Å². The van der Waals surface area contributed by atoms with Crippen LogP contribution in [-0.4, -0.2) is 25.4 Å². The molecule has 0 radical (unpaired) electrons. The Bertz CT molecular complexity index is 1190. The minimum atomic E-state index is -0.337. The molecule has 2 amide bonds. The van der Waals surface area contributed by atoms with Crippen LogP contribution in [0.15, 0.2) is 60.7 Å². The molecule has 0 saturated carbocycles. The number of aryl methyl sites for hydroxylation is 1. The molecule has 0 fully saturated rings. The molecule has 32 heavy (non-hydrogen) atoms. The number of hydrogen-bond acceptors (Lipinski definition) is 6. The van der Waals surface area contributed by atoms with Crippen molar-refractivity contribution in [3.8, 4) is 23.0 Å². The lowest BCUT2D eigenvalue weighted by atomic mass is 10.1. The summed E-state index contributed by atoms with van der Waals surface area (Å²) in [4.78, 5) is 25.4. The third-order valence-electron chi connectivity index (χ3n) is 5.15. The fourth-order valence-corrected chi connectivity index (χ4v) is 3.53. The zero-order chi connectivity index (χ0) is 21.9. The molecule has 2 heterocycles. The Hall–Kier alpha value is -4.20. The number of ether oxygens (including phenoxy) is 4. The highest BCUT2D eigenvalue weighted by atomic mass is 16.7. The van der Waals surface area contributed by atoms with E-state index in [1.165, 1.54) is 0 Å². The minimum absolute atomic E-state index is 0.161. The van der Waals surface area contributed by atoms with E-state index < -0.39 is 0 Å². The third-order valence-corrected chi connectivity index (χ3v) is 5.15. The van der Waals surface area contributed by atoms with Gasteiger partial charge >= 0.3 is 0 Å². The molecule has 0 aliphatic carbocycles. The molecule has 0 aromatic heterocycles. The number of rotatable bonds is 6. The number of nitrogens with one attached hydrogen (secondary N) is 2. The molecule has 2 N–H and O–H groups in total. The summed E-state index contributed by atoms with van der Waals surface area (Å²) >= 11 is 0. The van der Waals surface area contributed by atoms with E-state index >= 15 is 0 Å². The molecule has 0 spiro atoms. The van der Waals surface area contributed by atoms with Crippen LogP contribution in [0.3, 0.4) is 0 Å². The second-order valence-electron chi connectivity index (χ2n) is 7.30. The Morgan fingerprint density at radius 2 is 1.44 bits per heavy atom. The number of hydrogen-bond donors (Lipinski definition) is 2. The number of anilines is 2. The number of carbonyl (C=O) groups is 2. The van der Waals surface area contributed by atoms with Gasteiger partial charge < -0.3 is 29.6 Å². The smallest absolute Gasteiger partial charge is 0.257 e. The number of para-hydroxylation sites is 1. The molecule has 0 unspecified atom stereocenters. The standard InChI is InChI=1S/C24H20N2O6/c27-23(10-6-15-5-8-19-21(11-15)31-13-29-19)26-18-4-2-1-3-17(18)24(28)25-16-7-9-20-22(12-16)32-14-30-20/h1-5,7-9,11-12H,6,10,13-14H2,(H,25,28)(H,26,27). The van der Waals surface area contributed by atoms with Gasteiger partial charge in [-0.3, -0.25) is 9.59 Å². The molecule has 0 saturated heterocycles. The summed E-state index contributed by atoms with van der Waals surface area (Å²) in [5.41, 5.74) is 2.35. The molecule has 8 heteroatoms. The van der Waals surface area contributed by atoms with Crippen molar-refractivity contribution in [2.45, 2.75) is 12.8 Å². The second-order valence-corrected chi connectivity index (χ2v) is 7.30. The lowest BCUT2D eigenvalue weighted by molar-refractivity contribution is -0.116. The van der Waals surface area contributed by atoms with Crippen molar-refractivity contribution in [3.05, 3.63) is 71.8 Å². The van der Waals surface area contributed by atoms with Crippen LogP contribution in [0, 0.1) is 0 Å². The maximum absolute atomic E-state index is 12.8. The Balaban J connectivity index is 1.23. The number of fused-ring (bicyclic) bond motifs is 2. The number of benzene rings is 3. The van der Waals surface area contributed by atoms with Crippen molar-refractivity contribution in [3.63, 3.8) is 0 Å². The van der Waals surface area contributed by atoms with Crippen molar-refractivity contribution >= 4 is 23.2 Å². The molecular formula is C24H20N2O6. The molecule has 2 aliphatic heterocycles. The zero-order valence-electron chi connectivity index (χ0n) is 17.1. The maximum atomic E-state index is 12.8. The summed E-state index contributed by atoms with van der Waals surface area (Å²) in [6, 6.07) is 17.7.